The smallest absolute Gasteiger partial charge is 0.305 e. The molecule has 0 aliphatic heterocycles. The normalized spacial score (nSPS) is 12.1. The molecule has 0 saturated carbocycles. The van der Waals surface area contributed by atoms with Gasteiger partial charge in [0.25, 0.3) is 23.6 Å². The topological polar surface area (TPSA) is 443 Å². The number of benzene rings is 4. The predicted molar refractivity (Wildman–Crippen MR) is 338 cm³/mol. The summed E-state index contributed by atoms with van der Waals surface area (Å²) in [5.41, 5.74) is 29.1. The largest absolute Gasteiger partial charge is 0.496 e. The fraction of sp³-hybridized carbons (Fsp3) is 0.452. The molecule has 0 aliphatic carbocycles. The Morgan fingerprint density at radius 2 is 0.644 bits per heavy atom. The molecular formula is C62H87N13O15. The van der Waals surface area contributed by atoms with Crippen LogP contribution in [0.25, 0.3) is 0 Å². The lowest BCUT2D eigenvalue weighted by Crippen LogP contribution is -2.44. The Hall–Kier alpha value is -9.38. The van der Waals surface area contributed by atoms with E-state index in [1.54, 1.807) is 0 Å². The van der Waals surface area contributed by atoms with Gasteiger partial charge in [-0.05, 0) is 182 Å². The molecule has 28 nitrogen and oxygen atoms in total. The molecule has 0 saturated heterocycles. The van der Waals surface area contributed by atoms with Crippen molar-refractivity contribution in [3.8, 4) is 23.0 Å². The monoisotopic (exact) mass is 1250 g/mol. The number of nitrogens with two attached hydrogens (primary N) is 5. The number of methoxy groups -OCH3 is 5. The zero-order valence-electron chi connectivity index (χ0n) is 51.7. The van der Waals surface area contributed by atoms with Crippen LogP contribution < -0.4 is 90.2 Å². The molecule has 4 atom stereocenters. The van der Waals surface area contributed by atoms with Crippen molar-refractivity contribution in [3.05, 3.63) is 95.1 Å². The molecule has 490 valence electrons. The van der Waals surface area contributed by atoms with Crippen LogP contribution in [0.4, 0.5) is 22.7 Å². The SMILES string of the molecule is COC(=O)CCCC(=O)N[C@@H](CCCCN)C(=O)Nc1ccc(OC)c(C(=O)N[C@@H](CCCCN)C(=O)Nc2ccc(OC)c(C(=O)N[C@@H](CCCCN)C(=O)Nc3ccc(OC)c(C(=O)N[C@@H](CCCCN)C(=O)Nc4ccc(OC)c(C(N)=O)c4)c3)c2)c1. The number of unbranched alkanes of at least 4 members (excludes halogenated alkanes) is 4. The van der Waals surface area contributed by atoms with Crippen molar-refractivity contribution in [2.24, 2.45) is 28.7 Å². The average Bonchev–Trinajstić information content (AvgIpc) is 1.92. The lowest BCUT2D eigenvalue weighted by atomic mass is 10.1. The summed E-state index contributed by atoms with van der Waals surface area (Å²) >= 11 is 0. The predicted octanol–water partition coefficient (Wildman–Crippen LogP) is 3.31. The van der Waals surface area contributed by atoms with Crippen LogP contribution in [0.3, 0.4) is 0 Å². The Kier molecular flexibility index (Phi) is 31.5. The molecule has 90 heavy (non-hydrogen) atoms. The zero-order chi connectivity index (χ0) is 66.1. The molecule has 0 heterocycles. The second-order valence-corrected chi connectivity index (χ2v) is 20.7. The van der Waals surface area contributed by atoms with Crippen LogP contribution in [-0.2, 0) is 33.5 Å². The third-order valence-electron chi connectivity index (χ3n) is 14.2. The van der Waals surface area contributed by atoms with Crippen LogP contribution in [0.5, 0.6) is 23.0 Å². The van der Waals surface area contributed by atoms with Crippen LogP contribution in [0.2, 0.25) is 0 Å². The van der Waals surface area contributed by atoms with E-state index in [9.17, 15) is 47.9 Å². The van der Waals surface area contributed by atoms with Crippen molar-refractivity contribution in [1.82, 2.24) is 21.3 Å². The van der Waals surface area contributed by atoms with Crippen molar-refractivity contribution in [1.29, 1.82) is 0 Å². The molecule has 0 fully saturated rings. The number of nitrogens with one attached hydrogen (secondary N) is 8. The maximum absolute atomic E-state index is 14.3. The van der Waals surface area contributed by atoms with Gasteiger partial charge in [0.1, 0.15) is 47.2 Å². The summed E-state index contributed by atoms with van der Waals surface area (Å²) in [7, 11) is 6.63. The lowest BCUT2D eigenvalue weighted by molar-refractivity contribution is -0.141. The number of hydrogen-bond donors (Lipinski definition) is 13. The van der Waals surface area contributed by atoms with Crippen LogP contribution in [-0.4, -0.2) is 145 Å². The molecule has 4 aromatic carbocycles. The Morgan fingerprint density at radius 3 is 0.911 bits per heavy atom. The highest BCUT2D eigenvalue weighted by atomic mass is 16.5. The van der Waals surface area contributed by atoms with E-state index in [0.29, 0.717) is 77.5 Å². The molecule has 9 amide bonds. The van der Waals surface area contributed by atoms with E-state index in [-0.39, 0.29) is 113 Å². The van der Waals surface area contributed by atoms with Crippen molar-refractivity contribution >= 4 is 81.9 Å². The Bertz CT molecular complexity index is 3110. The summed E-state index contributed by atoms with van der Waals surface area (Å²) in [5.74, 6) is -5.98. The maximum Gasteiger partial charge on any atom is 0.305 e. The first-order valence-corrected chi connectivity index (χ1v) is 29.6. The molecule has 0 aliphatic rings. The third kappa shape index (κ3) is 23.3. The Labute approximate surface area is 523 Å². The summed E-state index contributed by atoms with van der Waals surface area (Å²) in [6.07, 6.45) is 4.82. The van der Waals surface area contributed by atoms with Crippen molar-refractivity contribution in [2.75, 3.05) is 83.0 Å². The number of primary amides is 1. The van der Waals surface area contributed by atoms with Gasteiger partial charge in [-0.25, -0.2) is 0 Å². The molecule has 0 aromatic heterocycles. The first-order chi connectivity index (χ1) is 43.3. The number of anilines is 4. The summed E-state index contributed by atoms with van der Waals surface area (Å²) in [5, 5.41) is 22.0. The molecule has 4 rings (SSSR count). The van der Waals surface area contributed by atoms with Crippen LogP contribution in [0.1, 0.15) is 138 Å². The molecule has 0 radical (unpaired) electrons. The first-order valence-electron chi connectivity index (χ1n) is 29.6. The second-order valence-electron chi connectivity index (χ2n) is 20.7. The number of esters is 1. The van der Waals surface area contributed by atoms with Crippen LogP contribution in [0, 0.1) is 0 Å². The van der Waals surface area contributed by atoms with E-state index in [2.05, 4.69) is 47.3 Å². The highest BCUT2D eigenvalue weighted by Gasteiger charge is 2.29. The summed E-state index contributed by atoms with van der Waals surface area (Å²) in [6, 6.07) is 12.7. The summed E-state index contributed by atoms with van der Waals surface area (Å²) < 4.78 is 26.4. The molecule has 0 bridgehead atoms. The van der Waals surface area contributed by atoms with Gasteiger partial charge in [0.2, 0.25) is 29.5 Å². The minimum absolute atomic E-state index is 0.0245. The summed E-state index contributed by atoms with van der Waals surface area (Å²) in [6.45, 7) is 1.30. The first kappa shape index (κ1) is 73.1. The van der Waals surface area contributed by atoms with Gasteiger partial charge in [0.05, 0.1) is 57.8 Å². The second kappa shape index (κ2) is 38.8. The quantitative estimate of drug-likeness (QED) is 0.0224. The standard InChI is InChI=1S/C62H87N13O15/c1-86-49-25-21-37(33-41(49)55(67)78)68-60(83)46(16-7-11-30-64)73-57(80)43-35-39(23-27-51(43)88-3)70-62(85)48(18-9-13-32-66)75-58(81)44-36-40(24-28-52(44)89-4)71-61(84)47(17-8-12-31-65)74-56(79)42-34-38(22-26-50(42)87-2)69-59(82)45(15-6-10-29-63)72-53(76)19-14-20-54(77)90-5/h21-28,33-36,45-48H,6-20,29-32,63-66H2,1-5H3,(H2,67,78)(H,68,83)(H,69,82)(H,70,85)(H,71,84)(H,72,76)(H,73,80)(H,74,79)(H,75,81)/t45-,46-,47-,48-/m0/s1. The van der Waals surface area contributed by atoms with Gasteiger partial charge < -0.3 is 94.9 Å². The summed E-state index contributed by atoms with van der Waals surface area (Å²) in [4.78, 5) is 135. The number of amides is 9. The highest BCUT2D eigenvalue weighted by Crippen LogP contribution is 2.28. The number of hydrogen-bond acceptors (Lipinski definition) is 19. The average molecular weight is 1250 g/mol. The van der Waals surface area contributed by atoms with Gasteiger partial charge in [-0.3, -0.25) is 47.9 Å². The van der Waals surface area contributed by atoms with Crippen LogP contribution in [0.15, 0.2) is 72.8 Å². The number of rotatable bonds is 40. The zero-order valence-corrected chi connectivity index (χ0v) is 51.7. The lowest BCUT2D eigenvalue weighted by Gasteiger charge is -2.22. The highest BCUT2D eigenvalue weighted by molar-refractivity contribution is 6.08. The van der Waals surface area contributed by atoms with Crippen molar-refractivity contribution < 1.29 is 71.6 Å². The number of carbonyl (C=O) groups is 10. The van der Waals surface area contributed by atoms with Gasteiger partial charge in [0, 0.05) is 35.6 Å². The van der Waals surface area contributed by atoms with E-state index >= 15 is 0 Å². The molecule has 18 N–H and O–H groups in total. The molecule has 4 aromatic rings. The van der Waals surface area contributed by atoms with Gasteiger partial charge in [-0.1, -0.05) is 0 Å². The Morgan fingerprint density at radius 1 is 0.367 bits per heavy atom. The van der Waals surface area contributed by atoms with Gasteiger partial charge in [-0.2, -0.15) is 0 Å². The van der Waals surface area contributed by atoms with Gasteiger partial charge in [-0.15, -0.1) is 0 Å². The Balaban J connectivity index is 1.55. The molecule has 0 unspecified atom stereocenters. The van der Waals surface area contributed by atoms with E-state index < -0.39 is 83.3 Å². The van der Waals surface area contributed by atoms with E-state index in [4.69, 9.17) is 47.6 Å². The van der Waals surface area contributed by atoms with Crippen LogP contribution >= 0.6 is 0 Å². The maximum atomic E-state index is 14.3. The van der Waals surface area contributed by atoms with Crippen molar-refractivity contribution in [3.63, 3.8) is 0 Å². The fourth-order valence-electron chi connectivity index (χ4n) is 9.30. The van der Waals surface area contributed by atoms with Crippen molar-refractivity contribution in [2.45, 2.75) is 120 Å². The molecule has 28 heteroatoms. The third-order valence-corrected chi connectivity index (χ3v) is 14.2. The minimum Gasteiger partial charge on any atom is -0.496 e. The fourth-order valence-corrected chi connectivity index (χ4v) is 9.30. The van der Waals surface area contributed by atoms with E-state index in [1.807, 2.05) is 0 Å². The number of carbonyl (C=O) groups excluding carboxylic acids is 10. The minimum atomic E-state index is -1.19. The molecule has 0 spiro atoms. The number of ether oxygens (including phenoxy) is 5. The van der Waals surface area contributed by atoms with E-state index in [0.717, 1.165) is 0 Å². The van der Waals surface area contributed by atoms with Gasteiger partial charge in [0.15, 0.2) is 0 Å². The van der Waals surface area contributed by atoms with E-state index in [1.165, 1.54) is 108 Å². The molecular weight excluding hydrogens is 1170 g/mol. The van der Waals surface area contributed by atoms with Gasteiger partial charge >= 0.3 is 5.97 Å².